The molecule has 0 aliphatic heterocycles. The Morgan fingerprint density at radius 2 is 1.27 bits per heavy atom. The second-order valence-electron chi connectivity index (χ2n) is 14.5. The number of aliphatic hydroxyl groups excluding tert-OH is 1. The normalized spacial score (nSPS) is 13.5. The number of ketones is 1. The number of hydrogen-bond donors (Lipinski definition) is 1. The highest BCUT2D eigenvalue weighted by Crippen LogP contribution is 2.37. The number of hydrogen-bond acceptors (Lipinski definition) is 6. The molecule has 262 valence electrons. The van der Waals surface area contributed by atoms with Crippen LogP contribution in [0.1, 0.15) is 65.0 Å². The summed E-state index contributed by atoms with van der Waals surface area (Å²) >= 11 is 0. The molecule has 4 aromatic rings. The zero-order valence-electron chi connectivity index (χ0n) is 30.1. The van der Waals surface area contributed by atoms with Crippen LogP contribution in [0.5, 0.6) is 5.75 Å². The van der Waals surface area contributed by atoms with Crippen LogP contribution in [-0.4, -0.2) is 51.7 Å². The molecule has 0 aromatic heterocycles. The van der Waals surface area contributed by atoms with Crippen molar-refractivity contribution in [3.8, 4) is 5.75 Å². The van der Waals surface area contributed by atoms with E-state index in [2.05, 4.69) is 83.1 Å². The van der Waals surface area contributed by atoms with Crippen LogP contribution in [-0.2, 0) is 31.9 Å². The second kappa shape index (κ2) is 17.9. The van der Waals surface area contributed by atoms with Gasteiger partial charge in [-0.3, -0.25) is 4.79 Å². The van der Waals surface area contributed by atoms with Gasteiger partial charge in [0.15, 0.2) is 0 Å². The first kappa shape index (κ1) is 38.2. The molecule has 0 saturated heterocycles. The molecule has 0 amide bonds. The molecule has 4 aromatic carbocycles. The number of carbonyl (C=O) groups excluding carboxylic acids is 1. The third-order valence-corrected chi connectivity index (χ3v) is 14.2. The summed E-state index contributed by atoms with van der Waals surface area (Å²) < 4.78 is 24.8. The van der Waals surface area contributed by atoms with Crippen LogP contribution in [0, 0.1) is 5.41 Å². The minimum absolute atomic E-state index is 0.0301. The summed E-state index contributed by atoms with van der Waals surface area (Å²) in [5.41, 5.74) is 1.66. The summed E-state index contributed by atoms with van der Waals surface area (Å²) in [6, 6.07) is 38.7. The second-order valence-corrected chi connectivity index (χ2v) is 18.8. The van der Waals surface area contributed by atoms with Gasteiger partial charge in [-0.2, -0.15) is 0 Å². The van der Waals surface area contributed by atoms with Crippen LogP contribution in [0.3, 0.4) is 0 Å². The van der Waals surface area contributed by atoms with Crippen LogP contribution >= 0.6 is 0 Å². The maximum atomic E-state index is 13.4. The lowest BCUT2D eigenvalue weighted by Crippen LogP contribution is -2.66. The molecule has 0 bridgehead atoms. The van der Waals surface area contributed by atoms with E-state index in [0.717, 1.165) is 16.9 Å². The van der Waals surface area contributed by atoms with Gasteiger partial charge in [-0.1, -0.05) is 138 Å². The lowest BCUT2D eigenvalue weighted by Gasteiger charge is -2.43. The molecular formula is C42H54O6Si. The molecule has 4 rings (SSSR count). The molecule has 0 saturated carbocycles. The van der Waals surface area contributed by atoms with E-state index in [4.69, 9.17) is 18.6 Å². The summed E-state index contributed by atoms with van der Waals surface area (Å²) in [6.45, 7) is 12.4. The number of ether oxygens (including phenoxy) is 3. The van der Waals surface area contributed by atoms with E-state index in [9.17, 15) is 9.90 Å². The zero-order valence-corrected chi connectivity index (χ0v) is 31.1. The maximum Gasteiger partial charge on any atom is 0.261 e. The summed E-state index contributed by atoms with van der Waals surface area (Å²) in [4.78, 5) is 13.4. The van der Waals surface area contributed by atoms with Crippen LogP contribution in [0.15, 0.2) is 115 Å². The molecule has 0 spiro atoms. The monoisotopic (exact) mass is 682 g/mol. The van der Waals surface area contributed by atoms with E-state index in [-0.39, 0.29) is 36.4 Å². The van der Waals surface area contributed by atoms with Crippen molar-refractivity contribution in [1.29, 1.82) is 0 Å². The molecule has 0 aliphatic rings. The standard InChI is InChI=1S/C42H54O6Si/c1-41(2,3)49(38-18-12-8-13-19-38,39-20-14-9-15-21-39)48-27-26-35(43)28-36(44)29-40(47-31-34-22-24-37(45-6)25-23-34)42(4,5)32-46-30-33-16-10-7-11-17-33/h7-25,36,40,44H,26-32H2,1-6H3/t36-,40+/m1/s1. The highest BCUT2D eigenvalue weighted by molar-refractivity contribution is 6.99. The third-order valence-electron chi connectivity index (χ3n) is 9.13. The van der Waals surface area contributed by atoms with Gasteiger partial charge in [0.1, 0.15) is 11.5 Å². The fourth-order valence-electron chi connectivity index (χ4n) is 6.41. The van der Waals surface area contributed by atoms with Gasteiger partial charge in [0.2, 0.25) is 0 Å². The van der Waals surface area contributed by atoms with E-state index in [1.165, 1.54) is 10.4 Å². The van der Waals surface area contributed by atoms with Crippen LogP contribution in [0.2, 0.25) is 5.04 Å². The Balaban J connectivity index is 1.41. The molecule has 6 nitrogen and oxygen atoms in total. The summed E-state index contributed by atoms with van der Waals surface area (Å²) in [7, 11) is -1.11. The van der Waals surface area contributed by atoms with Gasteiger partial charge < -0.3 is 23.7 Å². The number of methoxy groups -OCH3 is 1. The van der Waals surface area contributed by atoms with Crippen molar-refractivity contribution < 1.29 is 28.5 Å². The zero-order chi connectivity index (χ0) is 35.3. The van der Waals surface area contributed by atoms with Gasteiger partial charge in [0, 0.05) is 31.3 Å². The lowest BCUT2D eigenvalue weighted by atomic mass is 9.83. The fourth-order valence-corrected chi connectivity index (χ4v) is 11.0. The Morgan fingerprint density at radius 3 is 1.80 bits per heavy atom. The van der Waals surface area contributed by atoms with Gasteiger partial charge in [0.25, 0.3) is 8.32 Å². The molecule has 0 heterocycles. The van der Waals surface area contributed by atoms with Crippen molar-refractivity contribution in [3.05, 3.63) is 126 Å². The van der Waals surface area contributed by atoms with Crippen molar-refractivity contribution in [1.82, 2.24) is 0 Å². The molecule has 0 radical (unpaired) electrons. The molecule has 49 heavy (non-hydrogen) atoms. The first-order valence-corrected chi connectivity index (χ1v) is 19.2. The first-order valence-electron chi connectivity index (χ1n) is 17.3. The molecule has 2 atom stereocenters. The topological polar surface area (TPSA) is 74.2 Å². The fraction of sp³-hybridized carbons (Fsp3) is 0.405. The summed E-state index contributed by atoms with van der Waals surface area (Å²) in [5.74, 6) is 0.750. The maximum absolute atomic E-state index is 13.4. The summed E-state index contributed by atoms with van der Waals surface area (Å²) in [5, 5.41) is 13.4. The predicted octanol–water partition coefficient (Wildman–Crippen LogP) is 7.50. The SMILES string of the molecule is COc1ccc(CO[C@@H](C[C@H](O)CC(=O)CCO[Si](c2ccccc2)(c2ccccc2)C(C)(C)C)C(C)(C)COCc2ccccc2)cc1. The van der Waals surface area contributed by atoms with Crippen molar-refractivity contribution >= 4 is 24.5 Å². The quantitative estimate of drug-likeness (QED) is 0.103. The molecule has 7 heteroatoms. The highest BCUT2D eigenvalue weighted by Gasteiger charge is 2.50. The number of Topliss-reactive ketones (excluding diaryl/α,β-unsaturated/α-hetero) is 1. The van der Waals surface area contributed by atoms with Gasteiger partial charge >= 0.3 is 0 Å². The van der Waals surface area contributed by atoms with Crippen LogP contribution in [0.4, 0.5) is 0 Å². The molecule has 0 unspecified atom stereocenters. The third kappa shape index (κ3) is 10.7. The van der Waals surface area contributed by atoms with Gasteiger partial charge in [-0.15, -0.1) is 0 Å². The Morgan fingerprint density at radius 1 is 0.735 bits per heavy atom. The number of aliphatic hydroxyl groups is 1. The van der Waals surface area contributed by atoms with Gasteiger partial charge in [-0.25, -0.2) is 0 Å². The first-order chi connectivity index (χ1) is 23.4. The van der Waals surface area contributed by atoms with Gasteiger partial charge in [0.05, 0.1) is 39.1 Å². The van der Waals surface area contributed by atoms with E-state index in [1.807, 2.05) is 66.7 Å². The van der Waals surface area contributed by atoms with E-state index in [1.54, 1.807) is 7.11 Å². The average Bonchev–Trinajstić information content (AvgIpc) is 3.09. The lowest BCUT2D eigenvalue weighted by molar-refractivity contribution is -0.123. The Bertz CT molecular complexity index is 1500. The largest absolute Gasteiger partial charge is 0.497 e. The Hall–Kier alpha value is -3.59. The molecule has 0 fully saturated rings. The van der Waals surface area contributed by atoms with Crippen molar-refractivity contribution in [3.63, 3.8) is 0 Å². The summed E-state index contributed by atoms with van der Waals surface area (Å²) in [6.07, 6.45) is -0.661. The van der Waals surface area contributed by atoms with Crippen LogP contribution < -0.4 is 15.1 Å². The number of benzene rings is 4. The van der Waals surface area contributed by atoms with E-state index < -0.39 is 19.8 Å². The Kier molecular flexibility index (Phi) is 13.9. The molecular weight excluding hydrogens is 629 g/mol. The van der Waals surface area contributed by atoms with Gasteiger partial charge in [-0.05, 0) is 38.7 Å². The number of rotatable bonds is 19. The Labute approximate surface area is 294 Å². The average molecular weight is 683 g/mol. The smallest absolute Gasteiger partial charge is 0.261 e. The van der Waals surface area contributed by atoms with E-state index >= 15 is 0 Å². The molecule has 1 N–H and O–H groups in total. The minimum atomic E-state index is -2.75. The van der Waals surface area contributed by atoms with Crippen molar-refractivity contribution in [2.24, 2.45) is 5.41 Å². The minimum Gasteiger partial charge on any atom is -0.497 e. The van der Waals surface area contributed by atoms with Crippen molar-refractivity contribution in [2.75, 3.05) is 20.3 Å². The number of carbonyl (C=O) groups is 1. The highest BCUT2D eigenvalue weighted by atomic mass is 28.4. The van der Waals surface area contributed by atoms with Crippen molar-refractivity contribution in [2.45, 2.75) is 84.3 Å². The van der Waals surface area contributed by atoms with Crippen LogP contribution in [0.25, 0.3) is 0 Å². The van der Waals surface area contributed by atoms with E-state index in [0.29, 0.717) is 26.2 Å². The predicted molar refractivity (Wildman–Crippen MR) is 200 cm³/mol. The molecule has 0 aliphatic carbocycles.